The number of nitrogens with one attached hydrogen (secondary N) is 1. The minimum absolute atomic E-state index is 0.00806. The Morgan fingerprint density at radius 2 is 1.92 bits per heavy atom. The van der Waals surface area contributed by atoms with E-state index in [0.717, 1.165) is 19.5 Å². The van der Waals surface area contributed by atoms with Crippen LogP contribution in [0.25, 0.3) is 0 Å². The first-order valence-electron chi connectivity index (χ1n) is 4.34. The second-order valence-corrected chi connectivity index (χ2v) is 3.30. The minimum Gasteiger partial charge on any atom is -0.315 e. The van der Waals surface area contributed by atoms with Crippen LogP contribution in [-0.4, -0.2) is 35.8 Å². The molecule has 0 aromatic rings. The van der Waals surface area contributed by atoms with Gasteiger partial charge in [-0.2, -0.15) is 0 Å². The summed E-state index contributed by atoms with van der Waals surface area (Å²) in [5, 5.41) is 3.14. The molecule has 12 heavy (non-hydrogen) atoms. The lowest BCUT2D eigenvalue weighted by Crippen LogP contribution is -2.40. The lowest BCUT2D eigenvalue weighted by molar-refractivity contribution is -0.140. The molecule has 0 aliphatic carbocycles. The summed E-state index contributed by atoms with van der Waals surface area (Å²) in [5.41, 5.74) is 0. The van der Waals surface area contributed by atoms with Gasteiger partial charge in [0.15, 0.2) is 0 Å². The van der Waals surface area contributed by atoms with E-state index in [1.807, 2.05) is 0 Å². The Labute approximate surface area is 70.9 Å². The molecule has 1 N–H and O–H groups in total. The van der Waals surface area contributed by atoms with Crippen molar-refractivity contribution < 1.29 is 9.59 Å². The molecule has 66 valence electrons. The minimum atomic E-state index is 0.00806. The Morgan fingerprint density at radius 1 is 1.25 bits per heavy atom. The molecule has 2 amide bonds. The molecular weight excluding hydrogens is 156 g/mol. The molecule has 1 atom stereocenters. The molecule has 2 aliphatic rings. The highest BCUT2D eigenvalue weighted by Gasteiger charge is 2.35. The van der Waals surface area contributed by atoms with Crippen LogP contribution in [0.1, 0.15) is 19.3 Å². The first kappa shape index (κ1) is 7.73. The van der Waals surface area contributed by atoms with Gasteiger partial charge in [-0.25, -0.2) is 0 Å². The number of rotatable bonds is 1. The summed E-state index contributed by atoms with van der Waals surface area (Å²) < 4.78 is 0. The van der Waals surface area contributed by atoms with Crippen molar-refractivity contribution in [3.63, 3.8) is 0 Å². The van der Waals surface area contributed by atoms with Crippen LogP contribution in [0.4, 0.5) is 0 Å². The molecule has 0 aromatic carbocycles. The van der Waals surface area contributed by atoms with E-state index in [9.17, 15) is 9.59 Å². The number of carbonyl (C=O) groups is 2. The number of imide groups is 1. The molecule has 0 spiro atoms. The predicted octanol–water partition coefficient (Wildman–Crippen LogP) is -0.503. The Balaban J connectivity index is 2.09. The maximum Gasteiger partial charge on any atom is 0.229 e. The average Bonchev–Trinajstić information content (AvgIpc) is 2.61. The van der Waals surface area contributed by atoms with E-state index in [-0.39, 0.29) is 17.9 Å². The first-order valence-corrected chi connectivity index (χ1v) is 4.34. The highest BCUT2D eigenvalue weighted by Crippen LogP contribution is 2.18. The number of carbonyl (C=O) groups excluding carboxylic acids is 2. The molecule has 2 rings (SSSR count). The van der Waals surface area contributed by atoms with Crippen molar-refractivity contribution in [2.45, 2.75) is 25.3 Å². The van der Waals surface area contributed by atoms with Crippen LogP contribution in [-0.2, 0) is 9.59 Å². The van der Waals surface area contributed by atoms with Gasteiger partial charge in [0, 0.05) is 19.4 Å². The van der Waals surface area contributed by atoms with Crippen LogP contribution >= 0.6 is 0 Å². The van der Waals surface area contributed by atoms with Crippen LogP contribution in [0.2, 0.25) is 0 Å². The number of amides is 2. The summed E-state index contributed by atoms with van der Waals surface area (Å²) in [6.45, 7) is 1.69. The Hall–Kier alpha value is -0.900. The normalized spacial score (nSPS) is 30.3. The van der Waals surface area contributed by atoms with Crippen LogP contribution in [0.5, 0.6) is 0 Å². The monoisotopic (exact) mass is 168 g/mol. The highest BCUT2D eigenvalue weighted by atomic mass is 16.2. The number of nitrogens with zero attached hydrogens (tertiary/aromatic N) is 1. The van der Waals surface area contributed by atoms with Gasteiger partial charge in [0.1, 0.15) is 0 Å². The highest BCUT2D eigenvalue weighted by molar-refractivity contribution is 6.02. The molecule has 2 saturated heterocycles. The third kappa shape index (κ3) is 1.12. The lowest BCUT2D eigenvalue weighted by atomic mass is 10.2. The van der Waals surface area contributed by atoms with E-state index in [0.29, 0.717) is 12.8 Å². The first-order chi connectivity index (χ1) is 5.79. The largest absolute Gasteiger partial charge is 0.315 e. The summed E-state index contributed by atoms with van der Waals surface area (Å²) in [4.78, 5) is 23.9. The van der Waals surface area contributed by atoms with Gasteiger partial charge in [-0.1, -0.05) is 0 Å². The summed E-state index contributed by atoms with van der Waals surface area (Å²) in [5.74, 6) is 0.0161. The van der Waals surface area contributed by atoms with Gasteiger partial charge in [0.25, 0.3) is 0 Å². The van der Waals surface area contributed by atoms with E-state index in [1.54, 1.807) is 0 Å². The van der Waals surface area contributed by atoms with Gasteiger partial charge in [0.05, 0.1) is 6.04 Å². The second kappa shape index (κ2) is 2.86. The molecule has 0 radical (unpaired) electrons. The maximum atomic E-state index is 11.2. The maximum absolute atomic E-state index is 11.2. The fourth-order valence-corrected chi connectivity index (χ4v) is 1.86. The zero-order valence-electron chi connectivity index (χ0n) is 6.88. The van der Waals surface area contributed by atoms with Gasteiger partial charge in [-0.05, 0) is 13.0 Å². The van der Waals surface area contributed by atoms with Crippen molar-refractivity contribution in [1.82, 2.24) is 10.2 Å². The van der Waals surface area contributed by atoms with Crippen LogP contribution in [0, 0.1) is 0 Å². The third-order valence-electron chi connectivity index (χ3n) is 2.49. The SMILES string of the molecule is O=C1CCC(=O)N1[C@H]1CCNC1. The average molecular weight is 168 g/mol. The predicted molar refractivity (Wildman–Crippen MR) is 42.4 cm³/mol. The van der Waals surface area contributed by atoms with E-state index < -0.39 is 0 Å². The van der Waals surface area contributed by atoms with Gasteiger partial charge in [0.2, 0.25) is 11.8 Å². The van der Waals surface area contributed by atoms with Gasteiger partial charge < -0.3 is 5.32 Å². The zero-order chi connectivity index (χ0) is 8.55. The van der Waals surface area contributed by atoms with E-state index in [1.165, 1.54) is 4.90 Å². The van der Waals surface area contributed by atoms with E-state index >= 15 is 0 Å². The van der Waals surface area contributed by atoms with Gasteiger partial charge >= 0.3 is 0 Å². The molecule has 0 bridgehead atoms. The molecular formula is C8H12N2O2. The van der Waals surface area contributed by atoms with E-state index in [2.05, 4.69) is 5.32 Å². The van der Waals surface area contributed by atoms with Crippen molar-refractivity contribution in [1.29, 1.82) is 0 Å². The fraction of sp³-hybridized carbons (Fsp3) is 0.750. The second-order valence-electron chi connectivity index (χ2n) is 3.30. The topological polar surface area (TPSA) is 49.4 Å². The van der Waals surface area contributed by atoms with Gasteiger partial charge in [-0.3, -0.25) is 14.5 Å². The van der Waals surface area contributed by atoms with Gasteiger partial charge in [-0.15, -0.1) is 0 Å². The van der Waals surface area contributed by atoms with E-state index in [4.69, 9.17) is 0 Å². The summed E-state index contributed by atoms with van der Waals surface area (Å²) >= 11 is 0. The number of hydrogen-bond donors (Lipinski definition) is 1. The van der Waals surface area contributed by atoms with Crippen molar-refractivity contribution in [3.8, 4) is 0 Å². The summed E-state index contributed by atoms with van der Waals surface area (Å²) in [6, 6.07) is 0.132. The molecule has 4 nitrogen and oxygen atoms in total. The lowest BCUT2D eigenvalue weighted by Gasteiger charge is -2.20. The Morgan fingerprint density at radius 3 is 2.42 bits per heavy atom. The fourth-order valence-electron chi connectivity index (χ4n) is 1.86. The Bertz CT molecular complexity index is 205. The standard InChI is InChI=1S/C8H12N2O2/c11-7-1-2-8(12)10(7)6-3-4-9-5-6/h6,9H,1-5H2/t6-/m0/s1. The van der Waals surface area contributed by atoms with Crippen LogP contribution in [0.15, 0.2) is 0 Å². The molecule has 2 aliphatic heterocycles. The number of likely N-dealkylation sites (tertiary alicyclic amines) is 1. The van der Waals surface area contributed by atoms with Crippen LogP contribution < -0.4 is 5.32 Å². The molecule has 0 unspecified atom stereocenters. The quantitative estimate of drug-likeness (QED) is 0.537. The molecule has 2 heterocycles. The van der Waals surface area contributed by atoms with Crippen LogP contribution in [0.3, 0.4) is 0 Å². The van der Waals surface area contributed by atoms with Crippen molar-refractivity contribution in [3.05, 3.63) is 0 Å². The summed E-state index contributed by atoms with van der Waals surface area (Å²) in [6.07, 6.45) is 1.74. The molecule has 4 heteroatoms. The Kier molecular flexibility index (Phi) is 1.84. The van der Waals surface area contributed by atoms with Crippen molar-refractivity contribution >= 4 is 11.8 Å². The smallest absolute Gasteiger partial charge is 0.229 e. The van der Waals surface area contributed by atoms with Crippen molar-refractivity contribution in [2.24, 2.45) is 0 Å². The third-order valence-corrected chi connectivity index (χ3v) is 2.49. The molecule has 2 fully saturated rings. The molecule has 0 aromatic heterocycles. The van der Waals surface area contributed by atoms with Crippen molar-refractivity contribution in [2.75, 3.05) is 13.1 Å². The summed E-state index contributed by atoms with van der Waals surface area (Å²) in [7, 11) is 0. The number of hydrogen-bond acceptors (Lipinski definition) is 3. The zero-order valence-corrected chi connectivity index (χ0v) is 6.88. The molecule has 0 saturated carbocycles.